The van der Waals surface area contributed by atoms with E-state index in [1.165, 1.54) is 0 Å². The van der Waals surface area contributed by atoms with Crippen molar-refractivity contribution in [1.29, 1.82) is 0 Å². The summed E-state index contributed by atoms with van der Waals surface area (Å²) in [5, 5.41) is 6.88. The molecule has 0 aromatic heterocycles. The third-order valence-corrected chi connectivity index (χ3v) is 3.77. The summed E-state index contributed by atoms with van der Waals surface area (Å²) in [6.07, 6.45) is 1.80. The van der Waals surface area contributed by atoms with Gasteiger partial charge in [-0.2, -0.15) is 0 Å². The zero-order valence-corrected chi connectivity index (χ0v) is 16.8. The smallest absolute Gasteiger partial charge is 0.171 e. The highest BCUT2D eigenvalue weighted by atomic mass is 32.1. The molecule has 2 aromatic rings. The number of methoxy groups -OCH3 is 1. The number of anilines is 1. The van der Waals surface area contributed by atoms with Crippen molar-refractivity contribution in [2.75, 3.05) is 19.0 Å². The van der Waals surface area contributed by atoms with Crippen LogP contribution in [0.1, 0.15) is 19.4 Å². The maximum Gasteiger partial charge on any atom is 0.171 e. The number of benzene rings is 2. The fraction of sp³-hybridized carbons (Fsp3) is 0.286. The molecular weight excluding hydrogens is 360 g/mol. The number of ether oxygens (including phenoxy) is 3. The van der Waals surface area contributed by atoms with E-state index in [9.17, 15) is 0 Å². The molecule has 0 amide bonds. The van der Waals surface area contributed by atoms with Gasteiger partial charge in [-0.3, -0.25) is 0 Å². The summed E-state index contributed by atoms with van der Waals surface area (Å²) in [7, 11) is 1.63. The van der Waals surface area contributed by atoms with Crippen molar-refractivity contribution in [2.45, 2.75) is 26.5 Å². The Morgan fingerprint density at radius 2 is 1.89 bits per heavy atom. The Kier molecular flexibility index (Phi) is 7.95. The molecule has 5 nitrogen and oxygen atoms in total. The summed E-state index contributed by atoms with van der Waals surface area (Å²) in [5.41, 5.74) is 1.93. The van der Waals surface area contributed by atoms with Gasteiger partial charge in [0.25, 0.3) is 0 Å². The van der Waals surface area contributed by atoms with E-state index in [0.29, 0.717) is 24.0 Å². The van der Waals surface area contributed by atoms with Crippen LogP contribution in [0.4, 0.5) is 5.69 Å². The van der Waals surface area contributed by atoms with Crippen LogP contribution in [0.2, 0.25) is 0 Å². The van der Waals surface area contributed by atoms with Gasteiger partial charge in [-0.05, 0) is 68.0 Å². The minimum atomic E-state index is 0.0909. The summed E-state index contributed by atoms with van der Waals surface area (Å²) in [4.78, 5) is 0. The summed E-state index contributed by atoms with van der Waals surface area (Å²) in [6.45, 7) is 8.65. The topological polar surface area (TPSA) is 51.8 Å². The molecule has 2 rings (SSSR count). The number of hydrogen-bond acceptors (Lipinski definition) is 4. The molecule has 0 spiro atoms. The zero-order valence-electron chi connectivity index (χ0n) is 16.0. The van der Waals surface area contributed by atoms with Crippen molar-refractivity contribution in [1.82, 2.24) is 5.32 Å². The molecule has 0 heterocycles. The second-order valence-corrected chi connectivity index (χ2v) is 6.49. The summed E-state index contributed by atoms with van der Waals surface area (Å²) in [5.74, 6) is 2.22. The molecular formula is C21H26N2O3S. The second kappa shape index (κ2) is 10.4. The molecule has 0 unspecified atom stereocenters. The van der Waals surface area contributed by atoms with Crippen molar-refractivity contribution < 1.29 is 14.2 Å². The molecule has 6 heteroatoms. The van der Waals surface area contributed by atoms with Crippen molar-refractivity contribution in [2.24, 2.45) is 0 Å². The molecule has 0 aliphatic carbocycles. The lowest BCUT2D eigenvalue weighted by atomic mass is 10.2. The fourth-order valence-electron chi connectivity index (χ4n) is 2.32. The van der Waals surface area contributed by atoms with Crippen molar-refractivity contribution in [3.8, 4) is 17.2 Å². The third-order valence-electron chi connectivity index (χ3n) is 3.52. The quantitative estimate of drug-likeness (QED) is 0.488. The van der Waals surface area contributed by atoms with Gasteiger partial charge in [0.15, 0.2) is 16.6 Å². The molecule has 0 radical (unpaired) electrons. The van der Waals surface area contributed by atoms with Gasteiger partial charge in [-0.1, -0.05) is 18.7 Å². The second-order valence-electron chi connectivity index (χ2n) is 6.08. The van der Waals surface area contributed by atoms with Crippen LogP contribution in [-0.2, 0) is 6.54 Å². The zero-order chi connectivity index (χ0) is 19.6. The van der Waals surface area contributed by atoms with E-state index in [-0.39, 0.29) is 6.10 Å². The van der Waals surface area contributed by atoms with E-state index in [1.54, 1.807) is 13.2 Å². The molecule has 0 bridgehead atoms. The van der Waals surface area contributed by atoms with Crippen LogP contribution in [0.5, 0.6) is 17.2 Å². The average molecular weight is 387 g/mol. The minimum Gasteiger partial charge on any atom is -0.493 e. The molecule has 0 aliphatic heterocycles. The van der Waals surface area contributed by atoms with E-state index in [4.69, 9.17) is 26.4 Å². The van der Waals surface area contributed by atoms with Gasteiger partial charge in [0.05, 0.1) is 13.2 Å². The van der Waals surface area contributed by atoms with E-state index in [1.807, 2.05) is 56.3 Å². The number of hydrogen-bond donors (Lipinski definition) is 2. The van der Waals surface area contributed by atoms with Crippen molar-refractivity contribution in [3.05, 3.63) is 60.7 Å². The Hall–Kier alpha value is -2.73. The summed E-state index contributed by atoms with van der Waals surface area (Å²) in [6, 6.07) is 13.4. The summed E-state index contributed by atoms with van der Waals surface area (Å²) < 4.78 is 16.6. The molecule has 0 aliphatic rings. The number of thiocarbonyl (C=S) groups is 1. The monoisotopic (exact) mass is 386 g/mol. The predicted molar refractivity (Wildman–Crippen MR) is 114 cm³/mol. The van der Waals surface area contributed by atoms with Crippen LogP contribution in [0.3, 0.4) is 0 Å². The van der Waals surface area contributed by atoms with Gasteiger partial charge in [0, 0.05) is 12.2 Å². The van der Waals surface area contributed by atoms with Gasteiger partial charge in [-0.15, -0.1) is 0 Å². The highest BCUT2D eigenvalue weighted by molar-refractivity contribution is 7.80. The van der Waals surface area contributed by atoms with Crippen LogP contribution < -0.4 is 24.8 Å². The van der Waals surface area contributed by atoms with Gasteiger partial charge in [0.2, 0.25) is 0 Å². The standard InChI is InChI=1S/C21H26N2O3S/c1-5-12-25-18-9-7-17(8-10-18)23-21(27)22-14-16-6-11-19(26-15(2)3)20(13-16)24-4/h5-11,13,15H,1,12,14H2,2-4H3,(H2,22,23,27). The number of nitrogens with one attached hydrogen (secondary N) is 2. The lowest BCUT2D eigenvalue weighted by molar-refractivity contribution is 0.230. The van der Waals surface area contributed by atoms with Crippen LogP contribution in [0, 0.1) is 0 Å². The van der Waals surface area contributed by atoms with Crippen molar-refractivity contribution >= 4 is 23.0 Å². The molecule has 0 saturated carbocycles. The Bertz CT molecular complexity index is 761. The SMILES string of the molecule is C=CCOc1ccc(NC(=S)NCc2ccc(OC(C)C)c(OC)c2)cc1. The Labute approximate surface area is 166 Å². The minimum absolute atomic E-state index is 0.0909. The maximum absolute atomic E-state index is 5.73. The van der Waals surface area contributed by atoms with E-state index in [0.717, 1.165) is 22.7 Å². The lowest BCUT2D eigenvalue weighted by Crippen LogP contribution is -2.27. The molecule has 2 aromatic carbocycles. The first-order valence-electron chi connectivity index (χ1n) is 8.74. The van der Waals surface area contributed by atoms with Crippen LogP contribution in [0.15, 0.2) is 55.1 Å². The van der Waals surface area contributed by atoms with E-state index >= 15 is 0 Å². The third kappa shape index (κ3) is 6.83. The molecule has 144 valence electrons. The Balaban J connectivity index is 1.88. The first-order valence-corrected chi connectivity index (χ1v) is 9.15. The highest BCUT2D eigenvalue weighted by Crippen LogP contribution is 2.29. The molecule has 0 atom stereocenters. The van der Waals surface area contributed by atoms with E-state index < -0.39 is 0 Å². The average Bonchev–Trinajstić information content (AvgIpc) is 2.66. The van der Waals surface area contributed by atoms with Gasteiger partial charge in [0.1, 0.15) is 12.4 Å². The van der Waals surface area contributed by atoms with Gasteiger partial charge < -0.3 is 24.8 Å². The summed E-state index contributed by atoms with van der Waals surface area (Å²) >= 11 is 5.36. The first kappa shape index (κ1) is 20.6. The molecule has 2 N–H and O–H groups in total. The normalized spacial score (nSPS) is 10.2. The predicted octanol–water partition coefficient (Wildman–Crippen LogP) is 4.53. The lowest BCUT2D eigenvalue weighted by Gasteiger charge is -2.15. The maximum atomic E-state index is 5.73. The van der Waals surface area contributed by atoms with E-state index in [2.05, 4.69) is 17.2 Å². The van der Waals surface area contributed by atoms with Crippen LogP contribution in [-0.4, -0.2) is 24.9 Å². The molecule has 27 heavy (non-hydrogen) atoms. The van der Waals surface area contributed by atoms with Crippen molar-refractivity contribution in [3.63, 3.8) is 0 Å². The Morgan fingerprint density at radius 1 is 1.15 bits per heavy atom. The van der Waals surface area contributed by atoms with Crippen LogP contribution >= 0.6 is 12.2 Å². The molecule has 0 saturated heterocycles. The van der Waals surface area contributed by atoms with Crippen LogP contribution in [0.25, 0.3) is 0 Å². The largest absolute Gasteiger partial charge is 0.493 e. The Morgan fingerprint density at radius 3 is 2.52 bits per heavy atom. The van der Waals surface area contributed by atoms with Gasteiger partial charge >= 0.3 is 0 Å². The fourth-order valence-corrected chi connectivity index (χ4v) is 2.51. The van der Waals surface area contributed by atoms with Gasteiger partial charge in [-0.25, -0.2) is 0 Å². The highest BCUT2D eigenvalue weighted by Gasteiger charge is 2.08. The first-order chi connectivity index (χ1) is 13.0. The number of rotatable bonds is 9. The molecule has 0 fully saturated rings.